The Hall–Kier alpha value is -1.26. The van der Waals surface area contributed by atoms with Gasteiger partial charge in [-0.05, 0) is 22.8 Å². The molecule has 0 saturated carbocycles. The van der Waals surface area contributed by atoms with Crippen molar-refractivity contribution in [2.75, 3.05) is 31.9 Å². The Morgan fingerprint density at radius 3 is 2.57 bits per heavy atom. The maximum Gasteiger partial charge on any atom is 0.0496 e. The van der Waals surface area contributed by atoms with Gasteiger partial charge in [0, 0.05) is 43.8 Å². The van der Waals surface area contributed by atoms with Gasteiger partial charge in [-0.2, -0.15) is 0 Å². The van der Waals surface area contributed by atoms with Crippen LogP contribution in [-0.2, 0) is 0 Å². The third-order valence-corrected chi connectivity index (χ3v) is 4.86. The number of nitrogens with two attached hydrogens (primary N) is 1. The monoisotopic (exact) mass is 351 g/mol. The molecule has 0 aliphatic carbocycles. The van der Waals surface area contributed by atoms with Crippen LogP contribution in [0.15, 0.2) is 48.5 Å². The van der Waals surface area contributed by atoms with Gasteiger partial charge in [-0.25, -0.2) is 0 Å². The van der Waals surface area contributed by atoms with Crippen molar-refractivity contribution < 1.29 is 0 Å². The van der Waals surface area contributed by atoms with E-state index in [1.165, 1.54) is 16.7 Å². The lowest BCUT2D eigenvalue weighted by Gasteiger charge is -2.44. The van der Waals surface area contributed by atoms with Crippen molar-refractivity contribution in [2.45, 2.75) is 12.0 Å². The molecule has 2 atom stereocenters. The van der Waals surface area contributed by atoms with Gasteiger partial charge >= 0.3 is 0 Å². The number of rotatable bonds is 1. The minimum atomic E-state index is 0. The van der Waals surface area contributed by atoms with Crippen LogP contribution < -0.4 is 11.1 Å². The zero-order valence-electron chi connectivity index (χ0n) is 12.9. The van der Waals surface area contributed by atoms with Crippen molar-refractivity contribution >= 4 is 30.5 Å². The minimum Gasteiger partial charge on any atom is -0.398 e. The van der Waals surface area contributed by atoms with Crippen LogP contribution in [0.5, 0.6) is 0 Å². The number of hydrogen-bond donors (Lipinski definition) is 2. The number of anilines is 1. The lowest BCUT2D eigenvalue weighted by Crippen LogP contribution is -2.50. The summed E-state index contributed by atoms with van der Waals surface area (Å²) in [5.74, 6) is 0.430. The van der Waals surface area contributed by atoms with E-state index in [0.29, 0.717) is 12.0 Å². The third kappa shape index (κ3) is 3.20. The van der Waals surface area contributed by atoms with E-state index in [-0.39, 0.29) is 24.8 Å². The molecule has 0 amide bonds. The molecule has 1 saturated heterocycles. The maximum atomic E-state index is 6.33. The van der Waals surface area contributed by atoms with E-state index in [2.05, 4.69) is 52.7 Å². The second-order valence-corrected chi connectivity index (χ2v) is 6.03. The number of fused-ring (bicyclic) bond motifs is 3. The van der Waals surface area contributed by atoms with Crippen molar-refractivity contribution in [3.63, 3.8) is 0 Å². The predicted molar refractivity (Wildman–Crippen MR) is 101 cm³/mol. The first kappa shape index (κ1) is 18.1. The van der Waals surface area contributed by atoms with Gasteiger partial charge in [0.15, 0.2) is 0 Å². The second kappa shape index (κ2) is 7.54. The van der Waals surface area contributed by atoms with Crippen LogP contribution in [0.1, 0.15) is 28.7 Å². The van der Waals surface area contributed by atoms with Gasteiger partial charge in [0.1, 0.15) is 0 Å². The molecule has 0 bridgehead atoms. The van der Waals surface area contributed by atoms with Crippen LogP contribution in [0.4, 0.5) is 5.69 Å². The number of nitrogens with zero attached hydrogens (tertiary/aromatic N) is 1. The number of halogens is 2. The van der Waals surface area contributed by atoms with Crippen molar-refractivity contribution in [3.8, 4) is 0 Å². The largest absolute Gasteiger partial charge is 0.398 e. The average Bonchev–Trinajstić information content (AvgIpc) is 2.55. The highest BCUT2D eigenvalue weighted by Gasteiger charge is 2.36. The molecular weight excluding hydrogens is 329 g/mol. The normalized spacial score (nSPS) is 23.0. The quantitative estimate of drug-likeness (QED) is 0.775. The number of nitrogens with one attached hydrogen (secondary N) is 1. The van der Waals surface area contributed by atoms with Crippen LogP contribution in [0.3, 0.4) is 0 Å². The molecule has 2 heterocycles. The van der Waals surface area contributed by atoms with E-state index >= 15 is 0 Å². The Bertz CT molecular complexity index is 648. The number of piperazine rings is 1. The third-order valence-electron chi connectivity index (χ3n) is 4.86. The van der Waals surface area contributed by atoms with E-state index in [4.69, 9.17) is 5.73 Å². The van der Waals surface area contributed by atoms with Gasteiger partial charge in [-0.1, -0.05) is 42.5 Å². The standard InChI is InChI=1S/C18H21N3.2ClH/c19-16-8-4-7-14-15(13-5-2-1-3-6-13)12-21-10-9-20-11-17(21)18(14)16;;/h1-8,15,17,20H,9-12,19H2;2*1H/t15-,17-;;/m0../s1. The Kier molecular flexibility index (Phi) is 5.93. The molecule has 2 aromatic carbocycles. The van der Waals surface area contributed by atoms with E-state index < -0.39 is 0 Å². The van der Waals surface area contributed by atoms with Crippen molar-refractivity contribution in [2.24, 2.45) is 0 Å². The summed E-state index contributed by atoms with van der Waals surface area (Å²) in [5.41, 5.74) is 11.4. The number of nitrogen functional groups attached to an aromatic ring is 1. The predicted octanol–water partition coefficient (Wildman–Crippen LogP) is 3.20. The summed E-state index contributed by atoms with van der Waals surface area (Å²) >= 11 is 0. The molecule has 124 valence electrons. The lowest BCUT2D eigenvalue weighted by molar-refractivity contribution is 0.144. The van der Waals surface area contributed by atoms with Gasteiger partial charge in [0.25, 0.3) is 0 Å². The second-order valence-electron chi connectivity index (χ2n) is 6.03. The van der Waals surface area contributed by atoms with Gasteiger partial charge in [0.2, 0.25) is 0 Å². The summed E-state index contributed by atoms with van der Waals surface area (Å²) in [5, 5.41) is 3.51. The highest BCUT2D eigenvalue weighted by molar-refractivity contribution is 5.85. The van der Waals surface area contributed by atoms with Crippen LogP contribution in [0.2, 0.25) is 0 Å². The Balaban J connectivity index is 0.000000960. The molecule has 4 rings (SSSR count). The summed E-state index contributed by atoms with van der Waals surface area (Å²) in [6.45, 7) is 4.26. The van der Waals surface area contributed by atoms with E-state index in [9.17, 15) is 0 Å². The van der Waals surface area contributed by atoms with E-state index in [0.717, 1.165) is 31.9 Å². The molecule has 0 aromatic heterocycles. The Morgan fingerprint density at radius 1 is 1.00 bits per heavy atom. The first-order chi connectivity index (χ1) is 10.3. The number of benzene rings is 2. The van der Waals surface area contributed by atoms with Crippen molar-refractivity contribution in [1.82, 2.24) is 10.2 Å². The lowest BCUT2D eigenvalue weighted by atomic mass is 9.80. The summed E-state index contributed by atoms with van der Waals surface area (Å²) in [7, 11) is 0. The highest BCUT2D eigenvalue weighted by Crippen LogP contribution is 2.42. The first-order valence-electron chi connectivity index (χ1n) is 7.72. The van der Waals surface area contributed by atoms with E-state index in [1.54, 1.807) is 0 Å². The molecule has 0 spiro atoms. The molecular formula is C18H23Cl2N3. The van der Waals surface area contributed by atoms with Crippen molar-refractivity contribution in [3.05, 3.63) is 65.2 Å². The molecule has 23 heavy (non-hydrogen) atoms. The molecule has 1 fully saturated rings. The van der Waals surface area contributed by atoms with Crippen LogP contribution in [-0.4, -0.2) is 31.1 Å². The highest BCUT2D eigenvalue weighted by atomic mass is 35.5. The zero-order valence-corrected chi connectivity index (χ0v) is 14.6. The van der Waals surface area contributed by atoms with Gasteiger partial charge in [0.05, 0.1) is 0 Å². The summed E-state index contributed by atoms with van der Waals surface area (Å²) in [6.07, 6.45) is 0. The van der Waals surface area contributed by atoms with Gasteiger partial charge in [-0.15, -0.1) is 24.8 Å². The summed E-state index contributed by atoms with van der Waals surface area (Å²) in [6, 6.07) is 17.6. The zero-order chi connectivity index (χ0) is 14.2. The van der Waals surface area contributed by atoms with Gasteiger partial charge in [-0.3, -0.25) is 4.90 Å². The molecule has 0 unspecified atom stereocenters. The van der Waals surface area contributed by atoms with Crippen LogP contribution >= 0.6 is 24.8 Å². The maximum absolute atomic E-state index is 6.33. The Labute approximate surface area is 150 Å². The average molecular weight is 352 g/mol. The first-order valence-corrected chi connectivity index (χ1v) is 7.72. The summed E-state index contributed by atoms with van der Waals surface area (Å²) in [4.78, 5) is 2.59. The molecule has 2 aliphatic rings. The topological polar surface area (TPSA) is 41.3 Å². The number of hydrogen-bond acceptors (Lipinski definition) is 3. The molecule has 5 heteroatoms. The Morgan fingerprint density at radius 2 is 1.78 bits per heavy atom. The molecule has 2 aromatic rings. The molecule has 3 N–H and O–H groups in total. The van der Waals surface area contributed by atoms with Gasteiger partial charge < -0.3 is 11.1 Å². The fourth-order valence-electron chi connectivity index (χ4n) is 3.84. The molecule has 2 aliphatic heterocycles. The van der Waals surface area contributed by atoms with Crippen molar-refractivity contribution in [1.29, 1.82) is 0 Å². The summed E-state index contributed by atoms with van der Waals surface area (Å²) < 4.78 is 0. The fourth-order valence-corrected chi connectivity index (χ4v) is 3.84. The molecule has 0 radical (unpaired) electrons. The fraction of sp³-hybridized carbons (Fsp3) is 0.333. The van der Waals surface area contributed by atoms with Crippen LogP contribution in [0.25, 0.3) is 0 Å². The minimum absolute atomic E-state index is 0. The van der Waals surface area contributed by atoms with Crippen LogP contribution in [0, 0.1) is 0 Å². The van der Waals surface area contributed by atoms with E-state index in [1.807, 2.05) is 6.07 Å². The molecule has 3 nitrogen and oxygen atoms in total. The smallest absolute Gasteiger partial charge is 0.0496 e. The SMILES string of the molecule is Cl.Cl.Nc1cccc2c1[C@@H]1CNCCN1C[C@H]2c1ccccc1.